The van der Waals surface area contributed by atoms with E-state index in [4.69, 9.17) is 5.26 Å². The maximum absolute atomic E-state index is 9.22. The standard InChI is InChI=1S/C7H16O3/c1-6(10-9)4-5-7(2,3)8/h6,8-9H,4-5H2,1-3H3. The van der Waals surface area contributed by atoms with Crippen LogP contribution in [0.1, 0.15) is 33.6 Å². The Kier molecular flexibility index (Phi) is 3.86. The van der Waals surface area contributed by atoms with Gasteiger partial charge in [0.25, 0.3) is 0 Å². The van der Waals surface area contributed by atoms with Crippen LogP contribution in [-0.4, -0.2) is 22.1 Å². The van der Waals surface area contributed by atoms with Crippen LogP contribution in [0.5, 0.6) is 0 Å². The summed E-state index contributed by atoms with van der Waals surface area (Å²) in [5.41, 5.74) is -0.660. The summed E-state index contributed by atoms with van der Waals surface area (Å²) in [5, 5.41) is 17.4. The number of hydrogen-bond donors (Lipinski definition) is 2. The van der Waals surface area contributed by atoms with Gasteiger partial charge in [-0.1, -0.05) is 0 Å². The Morgan fingerprint density at radius 3 is 2.30 bits per heavy atom. The van der Waals surface area contributed by atoms with Gasteiger partial charge in [-0.15, -0.1) is 0 Å². The molecule has 0 fully saturated rings. The third-order valence-corrected chi connectivity index (χ3v) is 1.34. The van der Waals surface area contributed by atoms with Crippen LogP contribution in [0.3, 0.4) is 0 Å². The van der Waals surface area contributed by atoms with Crippen molar-refractivity contribution in [2.24, 2.45) is 0 Å². The van der Waals surface area contributed by atoms with Crippen LogP contribution in [0.25, 0.3) is 0 Å². The SMILES string of the molecule is CC(CCC(C)(C)O)OO. The molecule has 0 aromatic rings. The van der Waals surface area contributed by atoms with E-state index in [1.54, 1.807) is 20.8 Å². The largest absolute Gasteiger partial charge is 0.390 e. The van der Waals surface area contributed by atoms with Crippen LogP contribution < -0.4 is 0 Å². The van der Waals surface area contributed by atoms with Gasteiger partial charge in [0.1, 0.15) is 0 Å². The summed E-state index contributed by atoms with van der Waals surface area (Å²) in [4.78, 5) is 4.03. The van der Waals surface area contributed by atoms with Crippen molar-refractivity contribution in [2.45, 2.75) is 45.3 Å². The quantitative estimate of drug-likeness (QED) is 0.468. The van der Waals surface area contributed by atoms with Crippen LogP contribution >= 0.6 is 0 Å². The summed E-state index contributed by atoms with van der Waals surface area (Å²) in [6, 6.07) is 0. The Balaban J connectivity index is 3.36. The molecule has 0 aliphatic heterocycles. The molecular formula is C7H16O3. The maximum atomic E-state index is 9.22. The molecule has 3 heteroatoms. The summed E-state index contributed by atoms with van der Waals surface area (Å²) < 4.78 is 0. The average molecular weight is 148 g/mol. The van der Waals surface area contributed by atoms with E-state index < -0.39 is 5.60 Å². The smallest absolute Gasteiger partial charge is 0.0900 e. The molecule has 0 aromatic carbocycles. The predicted octanol–water partition coefficient (Wildman–Crippen LogP) is 1.42. The highest BCUT2D eigenvalue weighted by molar-refractivity contribution is 4.66. The van der Waals surface area contributed by atoms with E-state index in [1.165, 1.54) is 0 Å². The zero-order valence-electron chi connectivity index (χ0n) is 6.79. The first-order valence-corrected chi connectivity index (χ1v) is 3.48. The summed E-state index contributed by atoms with van der Waals surface area (Å²) >= 11 is 0. The van der Waals surface area contributed by atoms with Gasteiger partial charge in [-0.3, -0.25) is 5.26 Å². The molecule has 3 nitrogen and oxygen atoms in total. The van der Waals surface area contributed by atoms with Gasteiger partial charge < -0.3 is 5.11 Å². The van der Waals surface area contributed by atoms with Crippen molar-refractivity contribution >= 4 is 0 Å². The lowest BCUT2D eigenvalue weighted by molar-refractivity contribution is -0.276. The van der Waals surface area contributed by atoms with Crippen molar-refractivity contribution in [3.8, 4) is 0 Å². The van der Waals surface area contributed by atoms with Gasteiger partial charge in [-0.2, -0.15) is 0 Å². The topological polar surface area (TPSA) is 49.7 Å². The molecule has 0 spiro atoms. The first-order valence-electron chi connectivity index (χ1n) is 3.48. The molecule has 0 rings (SSSR count). The lowest BCUT2D eigenvalue weighted by Gasteiger charge is -2.18. The van der Waals surface area contributed by atoms with Crippen molar-refractivity contribution in [2.75, 3.05) is 0 Å². The summed E-state index contributed by atoms with van der Waals surface area (Å²) in [5.74, 6) is 0. The van der Waals surface area contributed by atoms with Crippen LogP contribution in [0.4, 0.5) is 0 Å². The molecule has 0 amide bonds. The molecule has 0 radical (unpaired) electrons. The minimum atomic E-state index is -0.660. The average Bonchev–Trinajstić information content (AvgIpc) is 1.81. The minimum absolute atomic E-state index is 0.188. The Morgan fingerprint density at radius 1 is 1.50 bits per heavy atom. The zero-order chi connectivity index (χ0) is 8.20. The Bertz CT molecular complexity index is 85.3. The fourth-order valence-electron chi connectivity index (χ4n) is 0.609. The number of hydrogen-bond acceptors (Lipinski definition) is 3. The second-order valence-electron chi connectivity index (χ2n) is 3.27. The fraction of sp³-hybridized carbons (Fsp3) is 1.00. The van der Waals surface area contributed by atoms with Gasteiger partial charge in [0, 0.05) is 0 Å². The molecule has 0 saturated carbocycles. The highest BCUT2D eigenvalue weighted by Gasteiger charge is 2.14. The zero-order valence-corrected chi connectivity index (χ0v) is 6.79. The first-order chi connectivity index (χ1) is 4.45. The fourth-order valence-corrected chi connectivity index (χ4v) is 0.609. The van der Waals surface area contributed by atoms with Gasteiger partial charge >= 0.3 is 0 Å². The van der Waals surface area contributed by atoms with E-state index in [0.29, 0.717) is 12.8 Å². The van der Waals surface area contributed by atoms with E-state index in [2.05, 4.69) is 4.89 Å². The lowest BCUT2D eigenvalue weighted by atomic mass is 10.0. The molecule has 0 aromatic heterocycles. The molecule has 62 valence electrons. The van der Waals surface area contributed by atoms with E-state index in [9.17, 15) is 5.11 Å². The maximum Gasteiger partial charge on any atom is 0.0900 e. The van der Waals surface area contributed by atoms with E-state index in [0.717, 1.165) is 0 Å². The van der Waals surface area contributed by atoms with Gasteiger partial charge in [0.2, 0.25) is 0 Å². The summed E-state index contributed by atoms with van der Waals surface area (Å²) in [7, 11) is 0. The lowest BCUT2D eigenvalue weighted by Crippen LogP contribution is -2.21. The first kappa shape index (κ1) is 9.88. The second-order valence-corrected chi connectivity index (χ2v) is 3.27. The summed E-state index contributed by atoms with van der Waals surface area (Å²) in [6.07, 6.45) is 1.11. The molecular weight excluding hydrogens is 132 g/mol. The van der Waals surface area contributed by atoms with Crippen LogP contribution in [-0.2, 0) is 4.89 Å². The van der Waals surface area contributed by atoms with Crippen molar-refractivity contribution in [1.29, 1.82) is 0 Å². The van der Waals surface area contributed by atoms with E-state index >= 15 is 0 Å². The molecule has 10 heavy (non-hydrogen) atoms. The Labute approximate surface area is 61.6 Å². The van der Waals surface area contributed by atoms with Crippen molar-refractivity contribution < 1.29 is 15.3 Å². The molecule has 2 N–H and O–H groups in total. The molecule has 0 bridgehead atoms. The highest BCUT2D eigenvalue weighted by Crippen LogP contribution is 2.12. The number of aliphatic hydroxyl groups is 1. The molecule has 0 aliphatic rings. The van der Waals surface area contributed by atoms with Gasteiger partial charge in [-0.05, 0) is 33.6 Å². The molecule has 1 atom stereocenters. The number of rotatable bonds is 4. The molecule has 1 unspecified atom stereocenters. The van der Waals surface area contributed by atoms with Gasteiger partial charge in [-0.25, -0.2) is 4.89 Å². The normalized spacial score (nSPS) is 15.3. The molecule has 0 aliphatic carbocycles. The van der Waals surface area contributed by atoms with Crippen LogP contribution in [0, 0.1) is 0 Å². The van der Waals surface area contributed by atoms with Gasteiger partial charge in [0.05, 0.1) is 11.7 Å². The monoisotopic (exact) mass is 148 g/mol. The third kappa shape index (κ3) is 6.01. The van der Waals surface area contributed by atoms with E-state index in [1.807, 2.05) is 0 Å². The second kappa shape index (κ2) is 3.91. The minimum Gasteiger partial charge on any atom is -0.390 e. The van der Waals surface area contributed by atoms with Crippen LogP contribution in [0.2, 0.25) is 0 Å². The van der Waals surface area contributed by atoms with Gasteiger partial charge in [0.15, 0.2) is 0 Å². The third-order valence-electron chi connectivity index (χ3n) is 1.34. The predicted molar refractivity (Wildman–Crippen MR) is 38.7 cm³/mol. The summed E-state index contributed by atoms with van der Waals surface area (Å²) in [6.45, 7) is 5.22. The Hall–Kier alpha value is -0.120. The Morgan fingerprint density at radius 2 is 2.00 bits per heavy atom. The van der Waals surface area contributed by atoms with Crippen molar-refractivity contribution in [1.82, 2.24) is 0 Å². The van der Waals surface area contributed by atoms with Crippen molar-refractivity contribution in [3.63, 3.8) is 0 Å². The highest BCUT2D eigenvalue weighted by atomic mass is 17.1. The molecule has 0 heterocycles. The van der Waals surface area contributed by atoms with Crippen LogP contribution in [0.15, 0.2) is 0 Å². The molecule has 0 saturated heterocycles. The van der Waals surface area contributed by atoms with E-state index in [-0.39, 0.29) is 6.10 Å². The van der Waals surface area contributed by atoms with Crippen molar-refractivity contribution in [3.05, 3.63) is 0 Å².